The Bertz CT molecular complexity index is 648. The summed E-state index contributed by atoms with van der Waals surface area (Å²) in [5.74, 6) is -0.0311. The second kappa shape index (κ2) is 4.55. The third-order valence-corrected chi connectivity index (χ3v) is 4.32. The number of aryl methyl sites for hydroxylation is 1. The summed E-state index contributed by atoms with van der Waals surface area (Å²) in [6.45, 7) is 1.92. The first-order valence-electron chi connectivity index (χ1n) is 5.31. The fourth-order valence-electron chi connectivity index (χ4n) is 1.59. The number of nitrogens with one attached hydrogen (secondary N) is 1. The lowest BCUT2D eigenvalue weighted by molar-refractivity contribution is 0.106. The molecule has 0 bridgehead atoms. The van der Waals surface area contributed by atoms with Crippen LogP contribution in [0.25, 0.3) is 0 Å². The molecule has 1 aliphatic heterocycles. The fraction of sp³-hybridized carbons (Fsp3) is 0.0833. The second-order valence-corrected chi connectivity index (χ2v) is 5.64. The molecule has 4 nitrogen and oxygen atoms in total. The highest BCUT2D eigenvalue weighted by molar-refractivity contribution is 8.16. The number of benzene rings is 1. The zero-order valence-electron chi connectivity index (χ0n) is 9.51. The summed E-state index contributed by atoms with van der Waals surface area (Å²) < 4.78 is 0. The molecule has 1 N–H and O–H groups in total. The van der Waals surface area contributed by atoms with Crippen LogP contribution in [0.4, 0.5) is 5.13 Å². The van der Waals surface area contributed by atoms with E-state index >= 15 is 0 Å². The molecule has 0 saturated carbocycles. The van der Waals surface area contributed by atoms with Crippen LogP contribution >= 0.6 is 23.1 Å². The zero-order valence-corrected chi connectivity index (χ0v) is 11.1. The number of Topliss-reactive ketones (excluding diaryl/α,β-unsaturated/α-hetero) is 1. The Morgan fingerprint density at radius 1 is 1.33 bits per heavy atom. The van der Waals surface area contributed by atoms with Crippen molar-refractivity contribution in [2.75, 3.05) is 5.43 Å². The average molecular weight is 275 g/mol. The predicted octanol–water partition coefficient (Wildman–Crippen LogP) is 3.17. The summed E-state index contributed by atoms with van der Waals surface area (Å²) in [6.07, 6.45) is 0. The summed E-state index contributed by atoms with van der Waals surface area (Å²) in [5.41, 5.74) is 4.49. The van der Waals surface area contributed by atoms with Gasteiger partial charge in [0, 0.05) is 15.8 Å². The van der Waals surface area contributed by atoms with Crippen LogP contribution in [0.5, 0.6) is 0 Å². The smallest absolute Gasteiger partial charge is 0.221 e. The number of thioether (sulfide) groups is 1. The molecule has 2 heterocycles. The molecule has 0 fully saturated rings. The Hall–Kier alpha value is -1.66. The number of hydrazone groups is 1. The van der Waals surface area contributed by atoms with Crippen LogP contribution in [0.15, 0.2) is 39.6 Å². The molecule has 1 aromatic carbocycles. The van der Waals surface area contributed by atoms with E-state index in [0.717, 1.165) is 16.2 Å². The van der Waals surface area contributed by atoms with Gasteiger partial charge in [-0.1, -0.05) is 23.9 Å². The van der Waals surface area contributed by atoms with Gasteiger partial charge in [0.2, 0.25) is 10.9 Å². The van der Waals surface area contributed by atoms with Crippen LogP contribution in [0, 0.1) is 6.92 Å². The van der Waals surface area contributed by atoms with E-state index in [9.17, 15) is 4.79 Å². The SMILES string of the molecule is Cc1csc(NN=C2Sc3ccccc3C2=O)n1. The molecule has 0 atom stereocenters. The van der Waals surface area contributed by atoms with Crippen molar-refractivity contribution < 1.29 is 4.79 Å². The molecule has 1 aromatic heterocycles. The summed E-state index contributed by atoms with van der Waals surface area (Å²) in [7, 11) is 0. The van der Waals surface area contributed by atoms with Crippen molar-refractivity contribution in [2.24, 2.45) is 5.10 Å². The molecule has 0 aliphatic carbocycles. The largest absolute Gasteiger partial charge is 0.286 e. The maximum absolute atomic E-state index is 12.0. The van der Waals surface area contributed by atoms with Gasteiger partial charge in [-0.25, -0.2) is 4.98 Å². The number of fused-ring (bicyclic) bond motifs is 1. The monoisotopic (exact) mass is 275 g/mol. The van der Waals surface area contributed by atoms with Gasteiger partial charge in [0.25, 0.3) is 0 Å². The summed E-state index contributed by atoms with van der Waals surface area (Å²) in [5, 5.41) is 7.22. The third-order valence-electron chi connectivity index (χ3n) is 2.40. The normalized spacial score (nSPS) is 16.1. The van der Waals surface area contributed by atoms with Crippen LogP contribution in [0.1, 0.15) is 16.1 Å². The molecule has 0 spiro atoms. The fourth-order valence-corrected chi connectivity index (χ4v) is 3.14. The number of aromatic nitrogens is 1. The van der Waals surface area contributed by atoms with E-state index < -0.39 is 0 Å². The van der Waals surface area contributed by atoms with Gasteiger partial charge in [-0.15, -0.1) is 11.3 Å². The molecule has 18 heavy (non-hydrogen) atoms. The molecule has 90 valence electrons. The van der Waals surface area contributed by atoms with E-state index in [1.807, 2.05) is 36.6 Å². The van der Waals surface area contributed by atoms with Crippen molar-refractivity contribution in [3.63, 3.8) is 0 Å². The van der Waals surface area contributed by atoms with Gasteiger partial charge in [0.15, 0.2) is 5.04 Å². The minimum atomic E-state index is -0.0311. The number of ketones is 1. The molecule has 0 saturated heterocycles. The van der Waals surface area contributed by atoms with Crippen molar-refractivity contribution in [3.05, 3.63) is 40.9 Å². The van der Waals surface area contributed by atoms with E-state index in [1.165, 1.54) is 23.1 Å². The van der Waals surface area contributed by atoms with E-state index in [2.05, 4.69) is 15.5 Å². The highest BCUT2D eigenvalue weighted by Crippen LogP contribution is 2.33. The molecule has 3 rings (SSSR count). The molecule has 1 aliphatic rings. The molecular weight excluding hydrogens is 266 g/mol. The number of thiazole rings is 1. The van der Waals surface area contributed by atoms with Crippen molar-refractivity contribution >= 4 is 39.1 Å². The highest BCUT2D eigenvalue weighted by Gasteiger charge is 2.27. The zero-order chi connectivity index (χ0) is 12.5. The number of hydrogen-bond donors (Lipinski definition) is 1. The minimum Gasteiger partial charge on any atom is -0.286 e. The van der Waals surface area contributed by atoms with Crippen LogP contribution in [0.2, 0.25) is 0 Å². The van der Waals surface area contributed by atoms with Crippen LogP contribution < -0.4 is 5.43 Å². The summed E-state index contributed by atoms with van der Waals surface area (Å²) in [6, 6.07) is 7.52. The number of nitrogens with zero attached hydrogens (tertiary/aromatic N) is 2. The molecule has 0 radical (unpaired) electrons. The van der Waals surface area contributed by atoms with Gasteiger partial charge in [-0.3, -0.25) is 10.2 Å². The molecule has 0 amide bonds. The number of rotatable bonds is 2. The number of carbonyl (C=O) groups excluding carboxylic acids is 1. The summed E-state index contributed by atoms with van der Waals surface area (Å²) in [4.78, 5) is 17.2. The van der Waals surface area contributed by atoms with Crippen molar-refractivity contribution in [1.82, 2.24) is 4.98 Å². The highest BCUT2D eigenvalue weighted by atomic mass is 32.2. The van der Waals surface area contributed by atoms with Crippen molar-refractivity contribution in [2.45, 2.75) is 11.8 Å². The maximum atomic E-state index is 12.0. The van der Waals surface area contributed by atoms with E-state index in [0.29, 0.717) is 10.2 Å². The molecule has 2 aromatic rings. The lowest BCUT2D eigenvalue weighted by Gasteiger charge is -1.95. The number of carbonyl (C=O) groups is 1. The second-order valence-electron chi connectivity index (χ2n) is 3.75. The minimum absolute atomic E-state index is 0.0311. The Labute approximate surface area is 112 Å². The lowest BCUT2D eigenvalue weighted by atomic mass is 10.1. The third kappa shape index (κ3) is 2.04. The standard InChI is InChI=1S/C12H9N3OS2/c1-7-6-17-12(13-7)15-14-11-10(16)8-4-2-3-5-9(8)18-11/h2-6H,1H3,(H,13,15). The first kappa shape index (κ1) is 11.4. The molecular formula is C12H9N3OS2. The first-order valence-corrected chi connectivity index (χ1v) is 7.01. The number of anilines is 1. The number of hydrogen-bond acceptors (Lipinski definition) is 6. The predicted molar refractivity (Wildman–Crippen MR) is 74.5 cm³/mol. The maximum Gasteiger partial charge on any atom is 0.221 e. The van der Waals surface area contributed by atoms with Gasteiger partial charge in [0.1, 0.15) is 0 Å². The Balaban J connectivity index is 1.82. The topological polar surface area (TPSA) is 54.4 Å². The first-order chi connectivity index (χ1) is 8.74. The summed E-state index contributed by atoms with van der Waals surface area (Å²) >= 11 is 2.85. The van der Waals surface area contributed by atoms with Crippen LogP contribution in [0.3, 0.4) is 0 Å². The van der Waals surface area contributed by atoms with Gasteiger partial charge in [-0.05, 0) is 19.1 Å². The lowest BCUT2D eigenvalue weighted by Crippen LogP contribution is -2.06. The van der Waals surface area contributed by atoms with Gasteiger partial charge < -0.3 is 0 Å². The Kier molecular flexibility index (Phi) is 2.89. The van der Waals surface area contributed by atoms with Gasteiger partial charge in [-0.2, -0.15) is 5.10 Å². The molecule has 6 heteroatoms. The van der Waals surface area contributed by atoms with Gasteiger partial charge in [0.05, 0.1) is 5.69 Å². The average Bonchev–Trinajstić information content (AvgIpc) is 2.92. The van der Waals surface area contributed by atoms with E-state index in [4.69, 9.17) is 0 Å². The van der Waals surface area contributed by atoms with Gasteiger partial charge >= 0.3 is 0 Å². The van der Waals surface area contributed by atoms with Crippen LogP contribution in [-0.2, 0) is 0 Å². The quantitative estimate of drug-likeness (QED) is 0.855. The van der Waals surface area contributed by atoms with Crippen molar-refractivity contribution in [1.29, 1.82) is 0 Å². The Morgan fingerprint density at radius 3 is 2.89 bits per heavy atom. The van der Waals surface area contributed by atoms with E-state index in [1.54, 1.807) is 0 Å². The molecule has 0 unspecified atom stereocenters. The van der Waals surface area contributed by atoms with Crippen molar-refractivity contribution in [3.8, 4) is 0 Å². The Morgan fingerprint density at radius 2 is 2.17 bits per heavy atom. The van der Waals surface area contributed by atoms with E-state index in [-0.39, 0.29) is 5.78 Å². The van der Waals surface area contributed by atoms with Crippen LogP contribution in [-0.4, -0.2) is 15.8 Å².